The minimum atomic E-state index is 0. The van der Waals surface area contributed by atoms with E-state index in [0.717, 1.165) is 57.2 Å². The maximum absolute atomic E-state index is 6.25. The fourth-order valence-corrected chi connectivity index (χ4v) is 3.27. The second-order valence-corrected chi connectivity index (χ2v) is 6.70. The molecule has 0 radical (unpaired) electrons. The summed E-state index contributed by atoms with van der Waals surface area (Å²) in [4.78, 5) is 10.9. The summed E-state index contributed by atoms with van der Waals surface area (Å²) < 4.78 is 1.99. The summed E-state index contributed by atoms with van der Waals surface area (Å²) in [6.45, 7) is 3.61. The Labute approximate surface area is 181 Å². The molecule has 0 amide bonds. The summed E-state index contributed by atoms with van der Waals surface area (Å²) in [5.74, 6) is 1.70. The van der Waals surface area contributed by atoms with Gasteiger partial charge in [0.25, 0.3) is 0 Å². The third-order valence-corrected chi connectivity index (χ3v) is 4.69. The number of nitrogens with one attached hydrogen (secondary N) is 2. The Bertz CT molecular complexity index is 709. The maximum Gasteiger partial charge on any atom is 0.191 e. The quantitative estimate of drug-likeness (QED) is 0.260. The largest absolute Gasteiger partial charge is 0.356 e. The number of aliphatic imine (C=N–C) groups is 1. The first-order valence-corrected chi connectivity index (χ1v) is 9.29. The highest BCUT2D eigenvalue weighted by molar-refractivity contribution is 14.0. The molecule has 27 heavy (non-hydrogen) atoms. The highest BCUT2D eigenvalue weighted by Crippen LogP contribution is 2.25. The summed E-state index contributed by atoms with van der Waals surface area (Å²) in [6.07, 6.45) is 8.42. The Morgan fingerprint density at radius 3 is 2.89 bits per heavy atom. The average Bonchev–Trinajstić information content (AvgIpc) is 3.33. The zero-order chi connectivity index (χ0) is 18.2. The van der Waals surface area contributed by atoms with E-state index in [2.05, 4.69) is 35.7 Å². The molecule has 1 unspecified atom stereocenters. The number of pyridine rings is 1. The van der Waals surface area contributed by atoms with Gasteiger partial charge in [0.1, 0.15) is 18.5 Å². The molecule has 2 N–H and O–H groups in total. The summed E-state index contributed by atoms with van der Waals surface area (Å²) in [6, 6.07) is 4.06. The second kappa shape index (κ2) is 11.3. The van der Waals surface area contributed by atoms with Gasteiger partial charge in [-0.1, -0.05) is 11.6 Å². The van der Waals surface area contributed by atoms with Crippen LogP contribution in [0.1, 0.15) is 19.3 Å². The zero-order valence-electron chi connectivity index (χ0n) is 15.4. The third-order valence-electron chi connectivity index (χ3n) is 4.39. The van der Waals surface area contributed by atoms with Gasteiger partial charge in [-0.3, -0.25) is 4.99 Å². The summed E-state index contributed by atoms with van der Waals surface area (Å²) in [5.41, 5.74) is 0. The van der Waals surface area contributed by atoms with Crippen LogP contribution in [0.15, 0.2) is 36.0 Å². The number of aromatic nitrogens is 4. The van der Waals surface area contributed by atoms with Crippen molar-refractivity contribution in [3.05, 3.63) is 36.0 Å². The molecule has 10 heteroatoms. The van der Waals surface area contributed by atoms with Crippen LogP contribution in [0.2, 0.25) is 5.02 Å². The van der Waals surface area contributed by atoms with Gasteiger partial charge in [-0.05, 0) is 31.4 Å². The van der Waals surface area contributed by atoms with E-state index in [9.17, 15) is 0 Å². The van der Waals surface area contributed by atoms with Crippen molar-refractivity contribution >= 4 is 47.4 Å². The van der Waals surface area contributed by atoms with Gasteiger partial charge in [0.05, 0.1) is 5.02 Å². The molecule has 1 fully saturated rings. The molecule has 3 heterocycles. The molecule has 2 aromatic rings. The SMILES string of the molecule is CN=C(NCCCCn1cnnc1)NC1CCN(c2ncccc2Cl)C1.I. The van der Waals surface area contributed by atoms with Crippen LogP contribution in [-0.2, 0) is 6.54 Å². The number of anilines is 1. The molecule has 1 atom stereocenters. The van der Waals surface area contributed by atoms with Gasteiger partial charge in [0, 0.05) is 45.5 Å². The second-order valence-electron chi connectivity index (χ2n) is 6.29. The fraction of sp³-hybridized carbons (Fsp3) is 0.529. The summed E-state index contributed by atoms with van der Waals surface area (Å²) in [7, 11) is 1.80. The van der Waals surface area contributed by atoms with Crippen molar-refractivity contribution in [2.45, 2.75) is 31.8 Å². The topological polar surface area (TPSA) is 83.3 Å². The van der Waals surface area contributed by atoms with Gasteiger partial charge in [0.15, 0.2) is 5.96 Å². The minimum absolute atomic E-state index is 0. The van der Waals surface area contributed by atoms with Crippen molar-refractivity contribution in [2.75, 3.05) is 31.6 Å². The fourth-order valence-electron chi connectivity index (χ4n) is 3.03. The van der Waals surface area contributed by atoms with Crippen LogP contribution in [0.25, 0.3) is 0 Å². The van der Waals surface area contributed by atoms with Gasteiger partial charge in [-0.15, -0.1) is 34.2 Å². The number of halogens is 2. The van der Waals surface area contributed by atoms with E-state index in [0.29, 0.717) is 11.1 Å². The monoisotopic (exact) mass is 504 g/mol. The molecule has 0 aliphatic carbocycles. The molecule has 0 saturated carbocycles. The van der Waals surface area contributed by atoms with Crippen LogP contribution in [0.4, 0.5) is 5.82 Å². The molecule has 1 saturated heterocycles. The molecular weight excluding hydrogens is 479 g/mol. The maximum atomic E-state index is 6.25. The minimum Gasteiger partial charge on any atom is -0.356 e. The Morgan fingerprint density at radius 1 is 1.33 bits per heavy atom. The van der Waals surface area contributed by atoms with E-state index in [1.165, 1.54) is 0 Å². The average molecular weight is 505 g/mol. The Kier molecular flexibility index (Phi) is 9.05. The number of hydrogen-bond donors (Lipinski definition) is 2. The molecule has 3 rings (SSSR count). The van der Waals surface area contributed by atoms with Crippen molar-refractivity contribution in [1.82, 2.24) is 30.4 Å². The van der Waals surface area contributed by atoms with Crippen LogP contribution in [-0.4, -0.2) is 58.4 Å². The molecule has 148 valence electrons. The standard InChI is InChI=1S/C17H25ClN8.HI/c1-19-17(21-7-2-3-9-25-12-22-23-13-25)24-14-6-10-26(11-14)16-15(18)5-4-8-20-16;/h4-5,8,12-14H,2-3,6-7,9-11H2,1H3,(H2,19,21,24);1H. The molecule has 1 aliphatic heterocycles. The van der Waals surface area contributed by atoms with E-state index in [4.69, 9.17) is 11.6 Å². The predicted molar refractivity (Wildman–Crippen MR) is 119 cm³/mol. The molecule has 8 nitrogen and oxygen atoms in total. The van der Waals surface area contributed by atoms with Crippen molar-refractivity contribution in [3.63, 3.8) is 0 Å². The highest BCUT2D eigenvalue weighted by atomic mass is 127. The van der Waals surface area contributed by atoms with Crippen LogP contribution < -0.4 is 15.5 Å². The molecule has 2 aromatic heterocycles. The lowest BCUT2D eigenvalue weighted by molar-refractivity contribution is 0.590. The van der Waals surface area contributed by atoms with Crippen LogP contribution in [0.3, 0.4) is 0 Å². The van der Waals surface area contributed by atoms with Crippen molar-refractivity contribution in [2.24, 2.45) is 4.99 Å². The zero-order valence-corrected chi connectivity index (χ0v) is 18.5. The first-order valence-electron chi connectivity index (χ1n) is 8.91. The predicted octanol–water partition coefficient (Wildman–Crippen LogP) is 2.17. The molecule has 1 aliphatic rings. The first-order chi connectivity index (χ1) is 12.8. The summed E-state index contributed by atoms with van der Waals surface area (Å²) in [5, 5.41) is 15.2. The van der Waals surface area contributed by atoms with Crippen LogP contribution >= 0.6 is 35.6 Å². The lowest BCUT2D eigenvalue weighted by Crippen LogP contribution is -2.44. The lowest BCUT2D eigenvalue weighted by atomic mass is 10.2. The summed E-state index contributed by atoms with van der Waals surface area (Å²) >= 11 is 6.25. The van der Waals surface area contributed by atoms with E-state index in [1.54, 1.807) is 25.9 Å². The van der Waals surface area contributed by atoms with Gasteiger partial charge in [0.2, 0.25) is 0 Å². The Morgan fingerprint density at radius 2 is 2.15 bits per heavy atom. The number of hydrogen-bond acceptors (Lipinski definition) is 5. The van der Waals surface area contributed by atoms with Crippen molar-refractivity contribution in [1.29, 1.82) is 0 Å². The van der Waals surface area contributed by atoms with Crippen LogP contribution in [0.5, 0.6) is 0 Å². The molecule has 0 aromatic carbocycles. The lowest BCUT2D eigenvalue weighted by Gasteiger charge is -2.20. The molecular formula is C17H26ClIN8. The van der Waals surface area contributed by atoms with Gasteiger partial charge in [-0.25, -0.2) is 4.98 Å². The Hall–Kier alpha value is -1.62. The van der Waals surface area contributed by atoms with Gasteiger partial charge < -0.3 is 20.1 Å². The van der Waals surface area contributed by atoms with Crippen LogP contribution in [0, 0.1) is 0 Å². The van der Waals surface area contributed by atoms with E-state index in [1.807, 2.05) is 16.7 Å². The van der Waals surface area contributed by atoms with E-state index in [-0.39, 0.29) is 24.0 Å². The number of aryl methyl sites for hydroxylation is 1. The molecule has 0 spiro atoms. The number of nitrogens with zero attached hydrogens (tertiary/aromatic N) is 6. The smallest absolute Gasteiger partial charge is 0.191 e. The van der Waals surface area contributed by atoms with Gasteiger partial charge >= 0.3 is 0 Å². The van der Waals surface area contributed by atoms with Crippen molar-refractivity contribution < 1.29 is 0 Å². The first kappa shape index (κ1) is 21.7. The van der Waals surface area contributed by atoms with E-state index >= 15 is 0 Å². The third kappa shape index (κ3) is 6.49. The number of unbranched alkanes of at least 4 members (excludes halogenated alkanes) is 1. The highest BCUT2D eigenvalue weighted by Gasteiger charge is 2.25. The van der Waals surface area contributed by atoms with Crippen molar-refractivity contribution in [3.8, 4) is 0 Å². The Balaban J connectivity index is 0.00000261. The molecule has 0 bridgehead atoms. The normalized spacial score (nSPS) is 16.9. The van der Waals surface area contributed by atoms with Gasteiger partial charge in [-0.2, -0.15) is 0 Å². The number of rotatable bonds is 7. The van der Waals surface area contributed by atoms with E-state index < -0.39 is 0 Å². The number of guanidine groups is 1.